The number of hydrogen-bond acceptors (Lipinski definition) is 10. The molecule has 5 aromatic carbocycles. The van der Waals surface area contributed by atoms with Crippen LogP contribution in [0.5, 0.6) is 0 Å². The van der Waals surface area contributed by atoms with Crippen LogP contribution >= 0.6 is 0 Å². The monoisotopic (exact) mass is 867 g/mol. The lowest BCUT2D eigenvalue weighted by atomic mass is 9.77. The molecule has 3 heterocycles. The maximum atomic E-state index is 14.2. The van der Waals surface area contributed by atoms with Crippen molar-refractivity contribution in [1.29, 1.82) is 0 Å². The number of aromatic nitrogens is 6. The summed E-state index contributed by atoms with van der Waals surface area (Å²) in [6, 6.07) is 47.0. The second-order valence-corrected chi connectivity index (χ2v) is 16.0. The van der Waals surface area contributed by atoms with Crippen LogP contribution < -0.4 is 10.7 Å². The highest BCUT2D eigenvalue weighted by atomic mass is 16.6. The normalized spacial score (nSPS) is 11.3. The molecule has 0 unspecified atom stereocenters. The van der Waals surface area contributed by atoms with Crippen molar-refractivity contribution in [2.45, 2.75) is 65.6 Å². The lowest BCUT2D eigenvalue weighted by Gasteiger charge is -2.36. The molecule has 8 rings (SSSR count). The molecular weight excluding hydrogens is 819 g/mol. The Bertz CT molecular complexity index is 2900. The molecule has 1 amide bonds. The Morgan fingerprint density at radius 2 is 1.37 bits per heavy atom. The Balaban J connectivity index is 1.20. The van der Waals surface area contributed by atoms with Gasteiger partial charge in [-0.1, -0.05) is 158 Å². The predicted octanol–water partition coefficient (Wildman–Crippen LogP) is 9.58. The van der Waals surface area contributed by atoms with Gasteiger partial charge in [0.15, 0.2) is 35.5 Å². The molecule has 0 radical (unpaired) electrons. The third-order valence-electron chi connectivity index (χ3n) is 11.3. The minimum absolute atomic E-state index is 0.0898. The van der Waals surface area contributed by atoms with E-state index in [-0.39, 0.29) is 42.1 Å². The highest BCUT2D eigenvalue weighted by Gasteiger charge is 2.42. The van der Waals surface area contributed by atoms with E-state index in [0.717, 1.165) is 57.4 Å². The van der Waals surface area contributed by atoms with Gasteiger partial charge in [-0.05, 0) is 71.0 Å². The number of nitrogens with zero attached hydrogens (tertiary/aromatic N) is 7. The summed E-state index contributed by atoms with van der Waals surface area (Å²) in [6.45, 7) is 7.17. The van der Waals surface area contributed by atoms with Crippen LogP contribution in [0.25, 0.3) is 22.5 Å². The number of tetrazole rings is 1. The number of hydrogen-bond donors (Lipinski definition) is 0. The van der Waals surface area contributed by atoms with Gasteiger partial charge in [-0.2, -0.15) is 0 Å². The Labute approximate surface area is 376 Å². The standard InChI is InChI=1S/C52H49N7O6/c1-6-7-27-45-53-49(57(5)46(60)32-35(2)3)47(50(61)63-34-44-36(4)64-51(62)65-44)58(45)33-37-28-30-38(31-29-37)42-25-17-18-26-43(42)48-54-55-56-59(48)52(39-19-11-8-12-20-39,40-21-13-9-14-22-40)41-23-15-10-16-24-41/h8-26,28-32H,6-7,27,33-34H2,1-5H3. The molecule has 13 nitrogen and oxygen atoms in total. The van der Waals surface area contributed by atoms with Crippen molar-refractivity contribution < 1.29 is 23.2 Å². The van der Waals surface area contributed by atoms with Crippen molar-refractivity contribution >= 4 is 17.7 Å². The first-order valence-electron chi connectivity index (χ1n) is 21.5. The highest BCUT2D eigenvalue weighted by molar-refractivity contribution is 6.05. The van der Waals surface area contributed by atoms with Crippen LogP contribution in [-0.4, -0.2) is 48.7 Å². The van der Waals surface area contributed by atoms with Crippen LogP contribution in [0.15, 0.2) is 165 Å². The topological polar surface area (TPSA) is 151 Å². The molecule has 0 N–H and O–H groups in total. The Morgan fingerprint density at radius 3 is 1.92 bits per heavy atom. The number of rotatable bonds is 16. The SMILES string of the molecule is CCCCc1nc(N(C)C(=O)C=C(C)C)c(C(=O)OCc2oc(=O)oc2C)n1Cc1ccc(-c2ccccc2-c2nnnn2C(c2ccccc2)(c2ccccc2)c2ccccc2)cc1. The van der Waals surface area contributed by atoms with E-state index in [1.54, 1.807) is 14.0 Å². The number of anilines is 1. The number of amides is 1. The Morgan fingerprint density at radius 1 is 0.785 bits per heavy atom. The molecule has 3 aromatic heterocycles. The quantitative estimate of drug-likeness (QED) is 0.0522. The molecule has 328 valence electrons. The zero-order chi connectivity index (χ0) is 45.5. The number of carbonyl (C=O) groups excluding carboxylic acids is 2. The van der Waals surface area contributed by atoms with E-state index in [1.807, 2.05) is 120 Å². The third kappa shape index (κ3) is 8.85. The minimum Gasteiger partial charge on any atom is -0.453 e. The van der Waals surface area contributed by atoms with Crippen molar-refractivity contribution in [1.82, 2.24) is 29.8 Å². The molecule has 0 aliphatic heterocycles. The second kappa shape index (κ2) is 19.2. The number of aryl methyl sites for hydroxylation is 2. The fraction of sp³-hybridized carbons (Fsp3) is 0.212. The first-order chi connectivity index (χ1) is 31.6. The summed E-state index contributed by atoms with van der Waals surface area (Å²) in [4.78, 5) is 45.6. The minimum atomic E-state index is -0.937. The van der Waals surface area contributed by atoms with Gasteiger partial charge in [0.1, 0.15) is 11.4 Å². The first kappa shape index (κ1) is 43.7. The zero-order valence-electron chi connectivity index (χ0n) is 37.0. The predicted molar refractivity (Wildman–Crippen MR) is 247 cm³/mol. The summed E-state index contributed by atoms with van der Waals surface area (Å²) in [6.07, 6.45) is 3.72. The van der Waals surface area contributed by atoms with Gasteiger partial charge in [-0.15, -0.1) is 5.10 Å². The lowest BCUT2D eigenvalue weighted by molar-refractivity contribution is -0.114. The molecule has 0 aliphatic carbocycles. The van der Waals surface area contributed by atoms with Crippen molar-refractivity contribution in [3.63, 3.8) is 0 Å². The number of likely N-dealkylation sites (N-methyl/N-ethyl adjacent to an activating group) is 1. The number of benzene rings is 5. The summed E-state index contributed by atoms with van der Waals surface area (Å²) in [5.74, 6) is -0.318. The average Bonchev–Trinajstić information content (AvgIpc) is 4.05. The van der Waals surface area contributed by atoms with Gasteiger partial charge in [0.25, 0.3) is 5.91 Å². The maximum Gasteiger partial charge on any atom is 0.519 e. The van der Waals surface area contributed by atoms with E-state index in [4.69, 9.17) is 28.9 Å². The Kier molecular flexibility index (Phi) is 12.9. The average molecular weight is 868 g/mol. The van der Waals surface area contributed by atoms with Crippen LogP contribution in [0.3, 0.4) is 0 Å². The van der Waals surface area contributed by atoms with Crippen LogP contribution in [0.1, 0.15) is 83.7 Å². The van der Waals surface area contributed by atoms with E-state index in [0.29, 0.717) is 18.1 Å². The van der Waals surface area contributed by atoms with Gasteiger partial charge in [0.2, 0.25) is 0 Å². The number of esters is 1. The largest absolute Gasteiger partial charge is 0.519 e. The summed E-state index contributed by atoms with van der Waals surface area (Å²) < 4.78 is 19.6. The summed E-state index contributed by atoms with van der Waals surface area (Å²) in [5.41, 5.74) is 6.47. The van der Waals surface area contributed by atoms with E-state index < -0.39 is 17.3 Å². The van der Waals surface area contributed by atoms with E-state index in [1.165, 1.54) is 11.0 Å². The first-order valence-corrected chi connectivity index (χ1v) is 21.5. The second-order valence-electron chi connectivity index (χ2n) is 16.0. The zero-order valence-corrected chi connectivity index (χ0v) is 37.0. The van der Waals surface area contributed by atoms with Crippen molar-refractivity contribution in [3.8, 4) is 22.5 Å². The number of allylic oxidation sites excluding steroid dienone is 1. The van der Waals surface area contributed by atoms with Crippen molar-refractivity contribution in [2.75, 3.05) is 11.9 Å². The molecule has 65 heavy (non-hydrogen) atoms. The van der Waals surface area contributed by atoms with E-state index in [9.17, 15) is 14.4 Å². The number of imidazole rings is 1. The van der Waals surface area contributed by atoms with Crippen LogP contribution in [-0.2, 0) is 34.6 Å². The van der Waals surface area contributed by atoms with Gasteiger partial charge in [0, 0.05) is 31.7 Å². The fourth-order valence-electron chi connectivity index (χ4n) is 8.16. The number of unbranched alkanes of at least 4 members (excludes halogenated alkanes) is 1. The van der Waals surface area contributed by atoms with Gasteiger partial charge in [-0.25, -0.2) is 19.3 Å². The molecule has 0 atom stereocenters. The van der Waals surface area contributed by atoms with Gasteiger partial charge in [-0.3, -0.25) is 9.69 Å². The van der Waals surface area contributed by atoms with Crippen molar-refractivity contribution in [2.24, 2.45) is 0 Å². The molecule has 0 bridgehead atoms. The highest BCUT2D eigenvalue weighted by Crippen LogP contribution is 2.43. The van der Waals surface area contributed by atoms with Gasteiger partial charge in [0.05, 0.1) is 0 Å². The van der Waals surface area contributed by atoms with E-state index in [2.05, 4.69) is 54.6 Å². The maximum absolute atomic E-state index is 14.2. The van der Waals surface area contributed by atoms with Gasteiger partial charge >= 0.3 is 11.8 Å². The number of carbonyl (C=O) groups is 2. The molecule has 0 saturated heterocycles. The number of ether oxygens (including phenoxy) is 1. The van der Waals surface area contributed by atoms with Crippen LogP contribution in [0.2, 0.25) is 0 Å². The molecule has 13 heteroatoms. The smallest absolute Gasteiger partial charge is 0.453 e. The third-order valence-corrected chi connectivity index (χ3v) is 11.3. The van der Waals surface area contributed by atoms with E-state index >= 15 is 0 Å². The molecule has 0 fully saturated rings. The van der Waals surface area contributed by atoms with Crippen LogP contribution in [0.4, 0.5) is 5.82 Å². The molecular formula is C52H49N7O6. The molecule has 8 aromatic rings. The van der Waals surface area contributed by atoms with Crippen LogP contribution in [0, 0.1) is 6.92 Å². The lowest BCUT2D eigenvalue weighted by Crippen LogP contribution is -2.39. The summed E-state index contributed by atoms with van der Waals surface area (Å²) >= 11 is 0. The van der Waals surface area contributed by atoms with Gasteiger partial charge < -0.3 is 18.1 Å². The molecule has 0 saturated carbocycles. The fourth-order valence-corrected chi connectivity index (χ4v) is 8.16. The molecule has 0 aliphatic rings. The summed E-state index contributed by atoms with van der Waals surface area (Å²) in [7, 11) is 1.58. The Hall–Kier alpha value is -7.93. The summed E-state index contributed by atoms with van der Waals surface area (Å²) in [5, 5.41) is 13.8. The van der Waals surface area contributed by atoms with Crippen molar-refractivity contribution in [3.05, 3.63) is 207 Å². The molecule has 0 spiro atoms.